The highest BCUT2D eigenvalue weighted by atomic mass is 32.2. The van der Waals surface area contributed by atoms with Crippen molar-refractivity contribution in [2.45, 2.75) is 74.5 Å². The van der Waals surface area contributed by atoms with E-state index in [2.05, 4.69) is 65.8 Å². The van der Waals surface area contributed by atoms with Gasteiger partial charge in [-0.3, -0.25) is 9.11 Å². The minimum absolute atomic E-state index is 0.165. The molecule has 0 saturated heterocycles. The van der Waals surface area contributed by atoms with Gasteiger partial charge in [-0.25, -0.2) is 0 Å². The summed E-state index contributed by atoms with van der Waals surface area (Å²) in [6.07, 6.45) is 12.8. The van der Waals surface area contributed by atoms with Crippen LogP contribution < -0.4 is 4.90 Å². The van der Waals surface area contributed by atoms with E-state index < -0.39 is 35.4 Å². The Labute approximate surface area is 300 Å². The quantitative estimate of drug-likeness (QED) is 0.0615. The molecule has 4 aromatic rings. The van der Waals surface area contributed by atoms with Crippen LogP contribution in [0.1, 0.15) is 65.0 Å². The van der Waals surface area contributed by atoms with Crippen LogP contribution in [-0.2, 0) is 31.1 Å². The van der Waals surface area contributed by atoms with Crippen molar-refractivity contribution < 1.29 is 35.6 Å². The number of hydrogen-bond donors (Lipinski definition) is 3. The third kappa shape index (κ3) is 6.46. The number of allylic oxidation sites excluding steroid dienone is 6. The van der Waals surface area contributed by atoms with E-state index in [0.717, 1.165) is 43.3 Å². The molecule has 0 radical (unpaired) electrons. The van der Waals surface area contributed by atoms with E-state index in [9.17, 15) is 31.0 Å². The van der Waals surface area contributed by atoms with E-state index in [-0.39, 0.29) is 17.4 Å². The van der Waals surface area contributed by atoms with Gasteiger partial charge >= 0.3 is 0 Å². The number of aliphatic hydroxyl groups is 1. The number of fused-ring (bicyclic) bond motifs is 6. The van der Waals surface area contributed by atoms with Crippen molar-refractivity contribution in [3.05, 3.63) is 108 Å². The fourth-order valence-corrected chi connectivity index (χ4v) is 9.37. The van der Waals surface area contributed by atoms with Gasteiger partial charge in [-0.05, 0) is 85.7 Å². The number of likely N-dealkylation sites (N-methyl/N-ethyl adjacent to an activating group) is 1. The number of hydrogen-bond acceptors (Lipinski definition) is 6. The Morgan fingerprint density at radius 1 is 0.765 bits per heavy atom. The van der Waals surface area contributed by atoms with Gasteiger partial charge in [-0.1, -0.05) is 62.4 Å². The summed E-state index contributed by atoms with van der Waals surface area (Å²) in [5.41, 5.74) is 5.13. The van der Waals surface area contributed by atoms with Crippen molar-refractivity contribution in [2.24, 2.45) is 0 Å². The third-order valence-electron chi connectivity index (χ3n) is 10.3. The minimum Gasteiger partial charge on any atom is -0.396 e. The van der Waals surface area contributed by atoms with Crippen molar-refractivity contribution >= 4 is 58.9 Å². The maximum absolute atomic E-state index is 12.4. The second kappa shape index (κ2) is 13.4. The first-order valence-electron chi connectivity index (χ1n) is 17.2. The maximum Gasteiger partial charge on any atom is 0.295 e. The Bertz CT molecular complexity index is 2400. The van der Waals surface area contributed by atoms with Crippen LogP contribution in [0.5, 0.6) is 0 Å². The van der Waals surface area contributed by atoms with Gasteiger partial charge in [-0.15, -0.1) is 0 Å². The third-order valence-corrected chi connectivity index (χ3v) is 12.0. The molecule has 0 atom stereocenters. The van der Waals surface area contributed by atoms with Crippen molar-refractivity contribution in [1.29, 1.82) is 0 Å². The highest BCUT2D eigenvalue weighted by Gasteiger charge is 2.45. The van der Waals surface area contributed by atoms with Crippen molar-refractivity contribution in [2.75, 3.05) is 24.6 Å². The van der Waals surface area contributed by atoms with Gasteiger partial charge < -0.3 is 10.0 Å². The molecule has 9 nitrogen and oxygen atoms in total. The molecule has 3 N–H and O–H groups in total. The Morgan fingerprint density at radius 2 is 1.51 bits per heavy atom. The zero-order valence-corrected chi connectivity index (χ0v) is 31.2. The van der Waals surface area contributed by atoms with Gasteiger partial charge in [0.05, 0.1) is 10.3 Å². The summed E-state index contributed by atoms with van der Waals surface area (Å²) < 4.78 is 71.4. The topological polar surface area (TPSA) is 135 Å². The second-order valence-corrected chi connectivity index (χ2v) is 17.0. The Balaban J connectivity index is 1.39. The fourth-order valence-electron chi connectivity index (χ4n) is 8.03. The lowest BCUT2D eigenvalue weighted by molar-refractivity contribution is -0.438. The van der Waals surface area contributed by atoms with Crippen LogP contribution in [0, 0.1) is 0 Å². The van der Waals surface area contributed by atoms with E-state index in [1.54, 1.807) is 12.1 Å². The molecule has 0 bridgehead atoms. The molecule has 0 unspecified atom stereocenters. The summed E-state index contributed by atoms with van der Waals surface area (Å²) in [7, 11) is -9.59. The van der Waals surface area contributed by atoms with Crippen LogP contribution in [0.3, 0.4) is 0 Å². The molecular formula is C40H45N2O7S2+. The number of nitrogens with zero attached hydrogens (tertiary/aromatic N) is 2. The average molecular weight is 730 g/mol. The number of aliphatic hydroxyl groups excluding tert-OH is 1. The van der Waals surface area contributed by atoms with Gasteiger partial charge in [0, 0.05) is 59.5 Å². The summed E-state index contributed by atoms with van der Waals surface area (Å²) in [6.45, 7) is 12.1. The molecular weight excluding hydrogens is 685 g/mol. The molecule has 268 valence electrons. The zero-order chi connectivity index (χ0) is 36.9. The van der Waals surface area contributed by atoms with E-state index in [1.807, 2.05) is 45.1 Å². The normalized spacial score (nSPS) is 17.9. The molecule has 0 aliphatic carbocycles. The first-order valence-corrected chi connectivity index (χ1v) is 20.1. The molecule has 0 amide bonds. The molecule has 2 aliphatic rings. The molecule has 2 heterocycles. The molecule has 11 heteroatoms. The largest absolute Gasteiger partial charge is 0.396 e. The van der Waals surface area contributed by atoms with Gasteiger partial charge in [0.2, 0.25) is 5.69 Å². The fraction of sp³-hybridized carbons (Fsp3) is 0.325. The van der Waals surface area contributed by atoms with Crippen LogP contribution in [0.25, 0.3) is 21.5 Å². The summed E-state index contributed by atoms with van der Waals surface area (Å²) in [4.78, 5) is 0.907. The smallest absolute Gasteiger partial charge is 0.295 e. The molecule has 2 aliphatic heterocycles. The standard InChI is InChI=1S/C40H44N2O7S2/c1-6-41-32-22-20-30-31(25-28(50(44,45)46)26-34(30)51(47,48)49)38(32)39(2,3)35(41)17-9-7-10-18-36-40(4,5)37-29-16-12-11-15-27(29)19-21-33(37)42(36)23-13-8-14-24-43/h7,9-12,15-22,25-26,43H,6,8,13-14,23-24H2,1-5H3,(H-,44,45,46,47,48,49)/p+1. The summed E-state index contributed by atoms with van der Waals surface area (Å²) in [5.74, 6) is 0. The molecule has 0 saturated carbocycles. The van der Waals surface area contributed by atoms with Crippen LogP contribution in [0.2, 0.25) is 0 Å². The van der Waals surface area contributed by atoms with Gasteiger partial charge in [0.15, 0.2) is 5.71 Å². The summed E-state index contributed by atoms with van der Waals surface area (Å²) >= 11 is 0. The molecule has 0 spiro atoms. The SMILES string of the molecule is CCN1C(=CC=CC=CC2=[N+](CCCCCO)c3ccc4ccccc4c3C2(C)C)C(C)(C)c2c1ccc1c(S(=O)(=O)O)cc(S(=O)(=O)O)cc21. The highest BCUT2D eigenvalue weighted by Crippen LogP contribution is 2.51. The van der Waals surface area contributed by atoms with Gasteiger partial charge in [0.1, 0.15) is 11.4 Å². The number of benzene rings is 4. The molecule has 4 aromatic carbocycles. The van der Waals surface area contributed by atoms with Gasteiger partial charge in [0.25, 0.3) is 20.2 Å². The Morgan fingerprint density at radius 3 is 2.20 bits per heavy atom. The van der Waals surface area contributed by atoms with Crippen LogP contribution in [-0.4, -0.2) is 61.0 Å². The zero-order valence-electron chi connectivity index (χ0n) is 29.6. The monoisotopic (exact) mass is 729 g/mol. The molecule has 51 heavy (non-hydrogen) atoms. The molecule has 0 fully saturated rings. The summed E-state index contributed by atoms with van der Waals surface area (Å²) in [5, 5.41) is 12.3. The van der Waals surface area contributed by atoms with Crippen LogP contribution in [0.4, 0.5) is 11.4 Å². The highest BCUT2D eigenvalue weighted by molar-refractivity contribution is 7.86. The van der Waals surface area contributed by atoms with Crippen molar-refractivity contribution in [3.63, 3.8) is 0 Å². The molecule has 6 rings (SSSR count). The first-order chi connectivity index (χ1) is 24.0. The average Bonchev–Trinajstić information content (AvgIpc) is 3.43. The predicted octanol–water partition coefficient (Wildman–Crippen LogP) is 7.84. The number of rotatable bonds is 11. The van der Waals surface area contributed by atoms with E-state index >= 15 is 0 Å². The van der Waals surface area contributed by atoms with Crippen molar-refractivity contribution in [3.8, 4) is 0 Å². The Hall–Kier alpha value is -4.13. The minimum atomic E-state index is -4.81. The van der Waals surface area contributed by atoms with Crippen LogP contribution in [0.15, 0.2) is 107 Å². The predicted molar refractivity (Wildman–Crippen MR) is 204 cm³/mol. The van der Waals surface area contributed by atoms with Gasteiger partial charge in [-0.2, -0.15) is 21.4 Å². The van der Waals surface area contributed by atoms with Crippen molar-refractivity contribution in [1.82, 2.24) is 0 Å². The first kappa shape index (κ1) is 36.7. The lowest BCUT2D eigenvalue weighted by Crippen LogP contribution is -2.28. The van der Waals surface area contributed by atoms with E-state index in [0.29, 0.717) is 17.5 Å². The number of anilines is 1. The maximum atomic E-state index is 12.4. The molecule has 0 aromatic heterocycles. The lowest BCUT2D eigenvalue weighted by Gasteiger charge is -2.26. The number of unbranched alkanes of at least 4 members (excludes halogenated alkanes) is 2. The van der Waals surface area contributed by atoms with E-state index in [1.165, 1.54) is 33.8 Å². The second-order valence-electron chi connectivity index (χ2n) is 14.2. The van der Waals surface area contributed by atoms with E-state index in [4.69, 9.17) is 0 Å². The lowest BCUT2D eigenvalue weighted by atomic mass is 9.79. The Kier molecular flexibility index (Phi) is 9.66. The summed E-state index contributed by atoms with van der Waals surface area (Å²) in [6, 6.07) is 18.3. The van der Waals surface area contributed by atoms with Crippen LogP contribution >= 0.6 is 0 Å².